The predicted octanol–water partition coefficient (Wildman–Crippen LogP) is 3.91. The summed E-state index contributed by atoms with van der Waals surface area (Å²) >= 11 is 0. The molecule has 0 saturated heterocycles. The van der Waals surface area contributed by atoms with Gasteiger partial charge in [-0.15, -0.1) is 35.0 Å². The molecule has 0 fully saturated rings. The van der Waals surface area contributed by atoms with Crippen LogP contribution in [-0.2, 0) is 0 Å². The molecule has 2 heterocycles. The lowest BCUT2D eigenvalue weighted by atomic mass is 10.2. The van der Waals surface area contributed by atoms with Crippen molar-refractivity contribution in [2.24, 2.45) is 0 Å². The molecule has 0 spiro atoms. The van der Waals surface area contributed by atoms with E-state index in [0.29, 0.717) is 18.4 Å². The zero-order valence-electron chi connectivity index (χ0n) is 14.6. The molecule has 0 atom stereocenters. The molecule has 0 saturated carbocycles. The van der Waals surface area contributed by atoms with Gasteiger partial charge >= 0.3 is 0 Å². The first-order valence-electron chi connectivity index (χ1n) is 7.96. The SMILES string of the molecule is CCN(CC)CCOc1cc2c(nn1)Oc1ccccc1N2C.Cl.Cl. The molecule has 8 heteroatoms. The third-order valence-corrected chi connectivity index (χ3v) is 4.07. The van der Waals surface area contributed by atoms with Crippen LogP contribution in [0.15, 0.2) is 30.3 Å². The molecule has 25 heavy (non-hydrogen) atoms. The Balaban J connectivity index is 0.00000156. The molecule has 2 aromatic rings. The smallest absolute Gasteiger partial charge is 0.263 e. The third kappa shape index (κ3) is 4.66. The molecule has 3 rings (SSSR count). The van der Waals surface area contributed by atoms with E-state index in [2.05, 4.69) is 28.9 Å². The normalized spacial score (nSPS) is 11.6. The van der Waals surface area contributed by atoms with E-state index in [4.69, 9.17) is 9.47 Å². The van der Waals surface area contributed by atoms with Crippen LogP contribution in [-0.4, -0.2) is 48.4 Å². The van der Waals surface area contributed by atoms with Crippen molar-refractivity contribution >= 4 is 36.2 Å². The molecule has 1 aromatic heterocycles. The highest BCUT2D eigenvalue weighted by Gasteiger charge is 2.23. The van der Waals surface area contributed by atoms with E-state index in [0.717, 1.165) is 36.8 Å². The summed E-state index contributed by atoms with van der Waals surface area (Å²) in [5.41, 5.74) is 1.86. The van der Waals surface area contributed by atoms with Crippen molar-refractivity contribution in [2.75, 3.05) is 38.2 Å². The van der Waals surface area contributed by atoms with Crippen LogP contribution in [0.25, 0.3) is 0 Å². The van der Waals surface area contributed by atoms with Crippen molar-refractivity contribution < 1.29 is 9.47 Å². The summed E-state index contributed by atoms with van der Waals surface area (Å²) in [5.74, 6) is 1.81. The highest BCUT2D eigenvalue weighted by Crippen LogP contribution is 2.44. The summed E-state index contributed by atoms with van der Waals surface area (Å²) in [6.45, 7) is 7.79. The molecule has 1 aliphatic heterocycles. The number of para-hydroxylation sites is 2. The molecule has 0 aliphatic carbocycles. The van der Waals surface area contributed by atoms with E-state index >= 15 is 0 Å². The first-order chi connectivity index (χ1) is 11.2. The molecular formula is C17H24Cl2N4O2. The number of halogens is 2. The fraction of sp³-hybridized carbons (Fsp3) is 0.412. The molecule has 0 amide bonds. The Labute approximate surface area is 160 Å². The highest BCUT2D eigenvalue weighted by atomic mass is 35.5. The molecule has 1 aliphatic rings. The van der Waals surface area contributed by atoms with Gasteiger partial charge in [-0.05, 0) is 25.2 Å². The highest BCUT2D eigenvalue weighted by molar-refractivity contribution is 5.85. The van der Waals surface area contributed by atoms with Gasteiger partial charge in [0.15, 0.2) is 5.75 Å². The van der Waals surface area contributed by atoms with E-state index < -0.39 is 0 Å². The summed E-state index contributed by atoms with van der Waals surface area (Å²) in [6, 6.07) is 9.74. The van der Waals surface area contributed by atoms with Crippen molar-refractivity contribution in [1.82, 2.24) is 15.1 Å². The fourth-order valence-corrected chi connectivity index (χ4v) is 2.61. The Morgan fingerprint density at radius 1 is 1.08 bits per heavy atom. The number of nitrogens with zero attached hydrogens (tertiary/aromatic N) is 4. The zero-order chi connectivity index (χ0) is 16.2. The average molecular weight is 387 g/mol. The van der Waals surface area contributed by atoms with Crippen LogP contribution in [0, 0.1) is 0 Å². The van der Waals surface area contributed by atoms with Gasteiger partial charge in [0.25, 0.3) is 5.88 Å². The standard InChI is InChI=1S/C17H22N4O2.2ClH/c1-4-21(5-2)10-11-22-16-12-14-17(19-18-16)23-15-9-7-6-8-13(15)20(14)3;;/h6-9,12H,4-5,10-11H2,1-3H3;2*1H. The van der Waals surface area contributed by atoms with Crippen molar-refractivity contribution in [3.8, 4) is 17.5 Å². The predicted molar refractivity (Wildman–Crippen MR) is 104 cm³/mol. The molecule has 0 bridgehead atoms. The van der Waals surface area contributed by atoms with E-state index in [1.54, 1.807) is 0 Å². The summed E-state index contributed by atoms with van der Waals surface area (Å²) in [7, 11) is 1.99. The number of benzene rings is 1. The van der Waals surface area contributed by atoms with E-state index in [1.165, 1.54) is 0 Å². The first kappa shape index (κ1) is 21.3. The molecule has 0 unspecified atom stereocenters. The van der Waals surface area contributed by atoms with Crippen LogP contribution in [0.1, 0.15) is 13.8 Å². The van der Waals surface area contributed by atoms with Crippen molar-refractivity contribution in [3.63, 3.8) is 0 Å². The summed E-state index contributed by atoms with van der Waals surface area (Å²) in [5, 5.41) is 8.26. The third-order valence-electron chi connectivity index (χ3n) is 4.07. The van der Waals surface area contributed by atoms with Crippen molar-refractivity contribution in [3.05, 3.63) is 30.3 Å². The second-order valence-corrected chi connectivity index (χ2v) is 5.38. The maximum Gasteiger partial charge on any atom is 0.263 e. The van der Waals surface area contributed by atoms with Crippen LogP contribution in [0.2, 0.25) is 0 Å². The minimum absolute atomic E-state index is 0. The molecule has 0 radical (unpaired) electrons. The Morgan fingerprint density at radius 2 is 1.80 bits per heavy atom. The Hall–Kier alpha value is -1.76. The lowest BCUT2D eigenvalue weighted by molar-refractivity contribution is 0.216. The Morgan fingerprint density at radius 3 is 2.52 bits per heavy atom. The van der Waals surface area contributed by atoms with Crippen LogP contribution in [0.5, 0.6) is 17.5 Å². The minimum atomic E-state index is 0. The maximum atomic E-state index is 5.80. The van der Waals surface area contributed by atoms with Crippen LogP contribution in [0.4, 0.5) is 11.4 Å². The van der Waals surface area contributed by atoms with Gasteiger partial charge in [-0.25, -0.2) is 0 Å². The number of fused-ring (bicyclic) bond motifs is 2. The average Bonchev–Trinajstić information content (AvgIpc) is 2.59. The maximum absolute atomic E-state index is 5.80. The van der Waals surface area contributed by atoms with Crippen LogP contribution >= 0.6 is 24.8 Å². The van der Waals surface area contributed by atoms with E-state index in [9.17, 15) is 0 Å². The van der Waals surface area contributed by atoms with Gasteiger partial charge in [0, 0.05) is 19.7 Å². The van der Waals surface area contributed by atoms with Gasteiger partial charge in [-0.2, -0.15) is 0 Å². The number of hydrogen-bond donors (Lipinski definition) is 0. The van der Waals surface area contributed by atoms with Gasteiger partial charge in [0.1, 0.15) is 12.3 Å². The van der Waals surface area contributed by atoms with Crippen LogP contribution in [0.3, 0.4) is 0 Å². The topological polar surface area (TPSA) is 50.7 Å². The molecule has 6 nitrogen and oxygen atoms in total. The van der Waals surface area contributed by atoms with Crippen LogP contribution < -0.4 is 14.4 Å². The fourth-order valence-electron chi connectivity index (χ4n) is 2.61. The molecular weight excluding hydrogens is 363 g/mol. The van der Waals surface area contributed by atoms with Gasteiger partial charge in [0.2, 0.25) is 5.88 Å². The number of rotatable bonds is 6. The second-order valence-electron chi connectivity index (χ2n) is 5.38. The number of aromatic nitrogens is 2. The Bertz CT molecular complexity index is 683. The number of likely N-dealkylation sites (N-methyl/N-ethyl adjacent to an activating group) is 1. The first-order valence-corrected chi connectivity index (χ1v) is 7.96. The van der Waals surface area contributed by atoms with Crippen molar-refractivity contribution in [1.29, 1.82) is 0 Å². The second kappa shape index (κ2) is 9.65. The quantitative estimate of drug-likeness (QED) is 0.749. The summed E-state index contributed by atoms with van der Waals surface area (Å²) in [6.07, 6.45) is 0. The molecule has 0 N–H and O–H groups in total. The van der Waals surface area contributed by atoms with E-state index in [-0.39, 0.29) is 24.8 Å². The lowest BCUT2D eigenvalue weighted by Gasteiger charge is -2.28. The number of ether oxygens (including phenoxy) is 2. The van der Waals surface area contributed by atoms with Gasteiger partial charge in [0.05, 0.1) is 5.69 Å². The molecule has 1 aromatic carbocycles. The molecule has 138 valence electrons. The zero-order valence-corrected chi connectivity index (χ0v) is 16.3. The van der Waals surface area contributed by atoms with Gasteiger partial charge in [-0.3, -0.25) is 0 Å². The largest absolute Gasteiger partial charge is 0.475 e. The minimum Gasteiger partial charge on any atom is -0.475 e. The van der Waals surface area contributed by atoms with Gasteiger partial charge in [-0.1, -0.05) is 26.0 Å². The van der Waals surface area contributed by atoms with Gasteiger partial charge < -0.3 is 19.3 Å². The monoisotopic (exact) mass is 386 g/mol. The summed E-state index contributed by atoms with van der Waals surface area (Å²) < 4.78 is 11.5. The lowest BCUT2D eigenvalue weighted by Crippen LogP contribution is -2.28. The Kier molecular flexibility index (Phi) is 8.22. The van der Waals surface area contributed by atoms with Crippen molar-refractivity contribution in [2.45, 2.75) is 13.8 Å². The summed E-state index contributed by atoms with van der Waals surface area (Å²) in [4.78, 5) is 4.34. The number of anilines is 2. The van der Waals surface area contributed by atoms with E-state index in [1.807, 2.05) is 42.3 Å². The number of hydrogen-bond acceptors (Lipinski definition) is 6.